The number of esters is 1. The number of ether oxygens (including phenoxy) is 1. The van der Waals surface area contributed by atoms with E-state index in [1.165, 1.54) is 7.11 Å². The van der Waals surface area contributed by atoms with Gasteiger partial charge in [0, 0.05) is 24.2 Å². The van der Waals surface area contributed by atoms with E-state index < -0.39 is 17.4 Å². The van der Waals surface area contributed by atoms with Gasteiger partial charge in [0.15, 0.2) is 0 Å². The van der Waals surface area contributed by atoms with E-state index in [1.807, 2.05) is 34.0 Å². The fourth-order valence-corrected chi connectivity index (χ4v) is 1.82. The number of nitrogens with zero attached hydrogens (tertiary/aromatic N) is 2. The molecule has 0 fully saturated rings. The maximum absolute atomic E-state index is 11.5. The fraction of sp³-hybridized carbons (Fsp3) is 0.636. The maximum atomic E-state index is 11.5. The van der Waals surface area contributed by atoms with E-state index in [-0.39, 0.29) is 0 Å². The Morgan fingerprint density at radius 1 is 1.62 bits per heavy atom. The summed E-state index contributed by atoms with van der Waals surface area (Å²) in [5, 5.41) is 4.25. The second-order valence-corrected chi connectivity index (χ2v) is 4.52. The molecule has 0 aliphatic rings. The minimum absolute atomic E-state index is 0.409. The summed E-state index contributed by atoms with van der Waals surface area (Å²) in [6, 6.07) is -0.694. The first-order chi connectivity index (χ1) is 7.30. The lowest BCUT2D eigenvalue weighted by Gasteiger charge is -2.29. The van der Waals surface area contributed by atoms with Gasteiger partial charge in [0.1, 0.15) is 6.04 Å². The van der Waals surface area contributed by atoms with Crippen LogP contribution in [-0.4, -0.2) is 28.9 Å². The van der Waals surface area contributed by atoms with Gasteiger partial charge < -0.3 is 10.5 Å². The van der Waals surface area contributed by atoms with Gasteiger partial charge in [-0.25, -0.2) is 0 Å². The van der Waals surface area contributed by atoms with Crippen LogP contribution in [0.5, 0.6) is 0 Å². The van der Waals surface area contributed by atoms with Crippen LogP contribution in [0.3, 0.4) is 0 Å². The lowest BCUT2D eigenvalue weighted by Crippen LogP contribution is -2.47. The Hall–Kier alpha value is -1.36. The number of nitrogens with two attached hydrogens (primary N) is 1. The Morgan fingerprint density at radius 3 is 2.56 bits per heavy atom. The second kappa shape index (κ2) is 4.25. The van der Waals surface area contributed by atoms with Gasteiger partial charge in [-0.2, -0.15) is 5.10 Å². The number of hydrogen-bond acceptors (Lipinski definition) is 4. The topological polar surface area (TPSA) is 70.1 Å². The van der Waals surface area contributed by atoms with Crippen molar-refractivity contribution in [3.8, 4) is 0 Å². The van der Waals surface area contributed by atoms with Gasteiger partial charge in [0.05, 0.1) is 12.8 Å². The molecule has 0 aliphatic heterocycles. The van der Waals surface area contributed by atoms with E-state index >= 15 is 0 Å². The standard InChI is InChI=1S/C11H19N3O2/c1-7-8(6-14(4)13-7)11(2,3)9(12)10(15)16-5/h6,9H,12H2,1-5H3. The van der Waals surface area contributed by atoms with Gasteiger partial charge in [-0.1, -0.05) is 13.8 Å². The lowest BCUT2D eigenvalue weighted by molar-refractivity contribution is -0.143. The van der Waals surface area contributed by atoms with Crippen LogP contribution in [0.1, 0.15) is 25.1 Å². The molecular formula is C11H19N3O2. The molecule has 5 nitrogen and oxygen atoms in total. The predicted molar refractivity (Wildman–Crippen MR) is 61.0 cm³/mol. The fourth-order valence-electron chi connectivity index (χ4n) is 1.82. The number of methoxy groups -OCH3 is 1. The summed E-state index contributed by atoms with van der Waals surface area (Å²) in [7, 11) is 3.19. The molecule has 0 saturated carbocycles. The van der Waals surface area contributed by atoms with Crippen molar-refractivity contribution in [2.75, 3.05) is 7.11 Å². The summed E-state index contributed by atoms with van der Waals surface area (Å²) in [6.45, 7) is 5.73. The first-order valence-electron chi connectivity index (χ1n) is 5.14. The molecule has 1 aromatic rings. The van der Waals surface area contributed by atoms with E-state index in [4.69, 9.17) is 5.73 Å². The predicted octanol–water partition coefficient (Wildman–Crippen LogP) is 0.506. The normalized spacial score (nSPS) is 13.6. The molecule has 1 rings (SSSR count). The van der Waals surface area contributed by atoms with Gasteiger partial charge in [0.2, 0.25) is 0 Å². The molecule has 0 spiro atoms. The molecule has 16 heavy (non-hydrogen) atoms. The Bertz CT molecular complexity index is 396. The Labute approximate surface area is 95.6 Å². The molecule has 2 N–H and O–H groups in total. The molecule has 1 heterocycles. The number of aryl methyl sites for hydroxylation is 2. The lowest BCUT2D eigenvalue weighted by atomic mass is 9.78. The van der Waals surface area contributed by atoms with Crippen LogP contribution >= 0.6 is 0 Å². The maximum Gasteiger partial charge on any atom is 0.323 e. The van der Waals surface area contributed by atoms with Crippen LogP contribution in [0.25, 0.3) is 0 Å². The zero-order valence-corrected chi connectivity index (χ0v) is 10.4. The van der Waals surface area contributed by atoms with Crippen molar-refractivity contribution in [2.24, 2.45) is 12.8 Å². The van der Waals surface area contributed by atoms with Crippen LogP contribution < -0.4 is 5.73 Å². The second-order valence-electron chi connectivity index (χ2n) is 4.52. The van der Waals surface area contributed by atoms with E-state index in [9.17, 15) is 4.79 Å². The number of hydrogen-bond donors (Lipinski definition) is 1. The Balaban J connectivity index is 3.10. The van der Waals surface area contributed by atoms with Crippen LogP contribution in [0, 0.1) is 6.92 Å². The summed E-state index contributed by atoms with van der Waals surface area (Å²) in [5.74, 6) is -0.409. The van der Waals surface area contributed by atoms with Crippen LogP contribution in [-0.2, 0) is 22.0 Å². The van der Waals surface area contributed by atoms with Gasteiger partial charge in [-0.3, -0.25) is 9.48 Å². The van der Waals surface area contributed by atoms with Crippen molar-refractivity contribution in [2.45, 2.75) is 32.2 Å². The molecular weight excluding hydrogens is 206 g/mol. The van der Waals surface area contributed by atoms with E-state index in [0.29, 0.717) is 0 Å². The molecule has 0 bridgehead atoms. The minimum atomic E-state index is -0.694. The smallest absolute Gasteiger partial charge is 0.323 e. The monoisotopic (exact) mass is 225 g/mol. The first kappa shape index (κ1) is 12.7. The van der Waals surface area contributed by atoms with Gasteiger partial charge in [-0.05, 0) is 6.92 Å². The molecule has 0 aromatic carbocycles. The third-order valence-corrected chi connectivity index (χ3v) is 2.94. The van der Waals surface area contributed by atoms with Crippen molar-refractivity contribution in [1.82, 2.24) is 9.78 Å². The third-order valence-electron chi connectivity index (χ3n) is 2.94. The van der Waals surface area contributed by atoms with Crippen molar-refractivity contribution >= 4 is 5.97 Å². The molecule has 1 atom stereocenters. The van der Waals surface area contributed by atoms with Crippen molar-refractivity contribution in [3.63, 3.8) is 0 Å². The molecule has 5 heteroatoms. The highest BCUT2D eigenvalue weighted by Crippen LogP contribution is 2.28. The van der Waals surface area contributed by atoms with Gasteiger partial charge in [-0.15, -0.1) is 0 Å². The number of rotatable bonds is 3. The minimum Gasteiger partial charge on any atom is -0.468 e. The zero-order valence-electron chi connectivity index (χ0n) is 10.4. The summed E-state index contributed by atoms with van der Waals surface area (Å²) in [6.07, 6.45) is 1.89. The van der Waals surface area contributed by atoms with E-state index in [1.54, 1.807) is 4.68 Å². The zero-order chi connectivity index (χ0) is 12.5. The molecule has 0 aliphatic carbocycles. The summed E-state index contributed by atoms with van der Waals surface area (Å²) in [4.78, 5) is 11.5. The average molecular weight is 225 g/mol. The quantitative estimate of drug-likeness (QED) is 0.761. The molecule has 0 amide bonds. The van der Waals surface area contributed by atoms with E-state index in [2.05, 4.69) is 9.84 Å². The number of carbonyl (C=O) groups is 1. The van der Waals surface area contributed by atoms with E-state index in [0.717, 1.165) is 11.3 Å². The number of aromatic nitrogens is 2. The summed E-state index contributed by atoms with van der Waals surface area (Å²) < 4.78 is 6.39. The SMILES string of the molecule is COC(=O)C(N)C(C)(C)c1cn(C)nc1C. The van der Waals surface area contributed by atoms with Crippen molar-refractivity contribution < 1.29 is 9.53 Å². The summed E-state index contributed by atoms with van der Waals surface area (Å²) in [5.41, 5.74) is 7.26. The highest BCUT2D eigenvalue weighted by molar-refractivity contribution is 5.77. The van der Waals surface area contributed by atoms with Crippen LogP contribution in [0.4, 0.5) is 0 Å². The first-order valence-corrected chi connectivity index (χ1v) is 5.14. The number of carbonyl (C=O) groups excluding carboxylic acids is 1. The molecule has 1 unspecified atom stereocenters. The van der Waals surface area contributed by atoms with Crippen molar-refractivity contribution in [1.29, 1.82) is 0 Å². The summed E-state index contributed by atoms with van der Waals surface area (Å²) >= 11 is 0. The van der Waals surface area contributed by atoms with Gasteiger partial charge in [0.25, 0.3) is 0 Å². The highest BCUT2D eigenvalue weighted by Gasteiger charge is 2.36. The molecule has 0 saturated heterocycles. The van der Waals surface area contributed by atoms with Gasteiger partial charge >= 0.3 is 5.97 Å². The Kier molecular flexibility index (Phi) is 3.38. The highest BCUT2D eigenvalue weighted by atomic mass is 16.5. The van der Waals surface area contributed by atoms with Crippen LogP contribution in [0.2, 0.25) is 0 Å². The molecule has 90 valence electrons. The third kappa shape index (κ3) is 2.09. The largest absolute Gasteiger partial charge is 0.468 e. The average Bonchev–Trinajstić information content (AvgIpc) is 2.56. The van der Waals surface area contributed by atoms with Crippen LogP contribution in [0.15, 0.2) is 6.20 Å². The Morgan fingerprint density at radius 2 is 2.19 bits per heavy atom. The molecule has 1 aromatic heterocycles. The van der Waals surface area contributed by atoms with Crippen molar-refractivity contribution in [3.05, 3.63) is 17.5 Å². The molecule has 0 radical (unpaired) electrons.